The molecule has 1 aromatic carbocycles. The maximum absolute atomic E-state index is 9.88. The second-order valence-electron chi connectivity index (χ2n) is 6.88. The van der Waals surface area contributed by atoms with E-state index < -0.39 is 6.10 Å². The molecule has 0 spiro atoms. The lowest BCUT2D eigenvalue weighted by Crippen LogP contribution is -2.29. The van der Waals surface area contributed by atoms with Gasteiger partial charge in [-0.15, -0.1) is 0 Å². The number of fused-ring (bicyclic) bond motifs is 1. The summed E-state index contributed by atoms with van der Waals surface area (Å²) in [5.41, 5.74) is 8.02. The molecule has 0 amide bonds. The number of nitriles is 1. The molecule has 7 nitrogen and oxygen atoms in total. The van der Waals surface area contributed by atoms with Gasteiger partial charge in [0.1, 0.15) is 12.0 Å². The van der Waals surface area contributed by atoms with Crippen LogP contribution < -0.4 is 10.5 Å². The van der Waals surface area contributed by atoms with Crippen molar-refractivity contribution >= 4 is 16.7 Å². The van der Waals surface area contributed by atoms with E-state index in [2.05, 4.69) is 16.2 Å². The second-order valence-corrected chi connectivity index (χ2v) is 6.88. The molecule has 0 radical (unpaired) electrons. The summed E-state index contributed by atoms with van der Waals surface area (Å²) in [6.45, 7) is 0.383. The van der Waals surface area contributed by atoms with E-state index in [0.717, 1.165) is 11.1 Å². The number of nitrogens with zero attached hydrogens (tertiary/aromatic N) is 4. The monoisotopic (exact) mass is 363 g/mol. The molecule has 0 aliphatic heterocycles. The molecule has 138 valence electrons. The Labute approximate surface area is 157 Å². The molecule has 2 heterocycles. The van der Waals surface area contributed by atoms with Crippen LogP contribution >= 0.6 is 0 Å². The van der Waals surface area contributed by atoms with E-state index in [9.17, 15) is 10.4 Å². The normalized spacial score (nSPS) is 22.4. The fourth-order valence-corrected chi connectivity index (χ4v) is 3.74. The van der Waals surface area contributed by atoms with Gasteiger partial charge in [0.05, 0.1) is 29.6 Å². The predicted molar refractivity (Wildman–Crippen MR) is 101 cm³/mol. The molecule has 7 heteroatoms. The third-order valence-electron chi connectivity index (χ3n) is 5.10. The molecule has 3 N–H and O–H groups in total. The van der Waals surface area contributed by atoms with Gasteiger partial charge in [0.15, 0.2) is 5.82 Å². The highest BCUT2D eigenvalue weighted by Crippen LogP contribution is 2.38. The Bertz CT molecular complexity index is 979. The summed E-state index contributed by atoms with van der Waals surface area (Å²) >= 11 is 0. The number of aromatic nitrogens is 3. The first-order valence-corrected chi connectivity index (χ1v) is 9.04. The zero-order valence-corrected chi connectivity index (χ0v) is 14.8. The molecule has 4 rings (SSSR count). The molecule has 1 fully saturated rings. The van der Waals surface area contributed by atoms with Crippen molar-refractivity contribution in [2.24, 2.45) is 5.92 Å². The van der Waals surface area contributed by atoms with E-state index in [1.165, 1.54) is 0 Å². The Balaban J connectivity index is 1.68. The van der Waals surface area contributed by atoms with Gasteiger partial charge in [-0.2, -0.15) is 10.4 Å². The number of aliphatic hydroxyl groups excluding tert-OH is 1. The Morgan fingerprint density at radius 3 is 2.85 bits per heavy atom. The topological polar surface area (TPSA) is 110 Å². The van der Waals surface area contributed by atoms with E-state index in [-0.39, 0.29) is 12.0 Å². The highest BCUT2D eigenvalue weighted by molar-refractivity contribution is 5.93. The molecule has 0 saturated heterocycles. The minimum Gasteiger partial charge on any atom is -0.472 e. The molecule has 3 aromatic rings. The van der Waals surface area contributed by atoms with Gasteiger partial charge in [0, 0.05) is 6.20 Å². The third kappa shape index (κ3) is 3.32. The summed E-state index contributed by atoms with van der Waals surface area (Å²) in [4.78, 5) is 4.33. The first kappa shape index (κ1) is 17.3. The molecule has 3 atom stereocenters. The van der Waals surface area contributed by atoms with Crippen LogP contribution in [-0.4, -0.2) is 26.0 Å². The van der Waals surface area contributed by atoms with Crippen LogP contribution in [0.5, 0.6) is 5.88 Å². The van der Waals surface area contributed by atoms with Crippen molar-refractivity contribution in [3.05, 3.63) is 48.2 Å². The van der Waals surface area contributed by atoms with Crippen LogP contribution in [0.4, 0.5) is 5.82 Å². The van der Waals surface area contributed by atoms with Crippen molar-refractivity contribution in [2.75, 3.05) is 5.73 Å². The molecule has 27 heavy (non-hydrogen) atoms. The average molecular weight is 363 g/mol. The Kier molecular flexibility index (Phi) is 4.65. The molecular formula is C20H21N5O2. The Hall–Kier alpha value is -3.11. The molecule has 1 saturated carbocycles. The number of anilines is 1. The third-order valence-corrected chi connectivity index (χ3v) is 5.10. The van der Waals surface area contributed by atoms with Crippen molar-refractivity contribution in [3.63, 3.8) is 0 Å². The van der Waals surface area contributed by atoms with Gasteiger partial charge >= 0.3 is 0 Å². The van der Waals surface area contributed by atoms with Gasteiger partial charge in [0.25, 0.3) is 0 Å². The highest BCUT2D eigenvalue weighted by atomic mass is 16.5. The lowest BCUT2D eigenvalue weighted by atomic mass is 9.84. The van der Waals surface area contributed by atoms with Crippen LogP contribution in [-0.2, 0) is 6.61 Å². The van der Waals surface area contributed by atoms with Crippen LogP contribution in [0.25, 0.3) is 10.9 Å². The molecule has 1 unspecified atom stereocenters. The smallest absolute Gasteiger partial charge is 0.227 e. The fraction of sp³-hybridized carbons (Fsp3) is 0.350. The van der Waals surface area contributed by atoms with Crippen molar-refractivity contribution < 1.29 is 9.84 Å². The zero-order chi connectivity index (χ0) is 18.8. The number of benzene rings is 1. The number of ether oxygens (including phenoxy) is 1. The maximum atomic E-state index is 9.88. The van der Waals surface area contributed by atoms with Crippen LogP contribution in [0.3, 0.4) is 0 Å². The van der Waals surface area contributed by atoms with Crippen LogP contribution in [0.15, 0.2) is 42.6 Å². The van der Waals surface area contributed by atoms with Gasteiger partial charge in [0.2, 0.25) is 5.88 Å². The first-order chi connectivity index (χ1) is 13.2. The summed E-state index contributed by atoms with van der Waals surface area (Å²) in [7, 11) is 0. The molecule has 1 aliphatic carbocycles. The number of pyridine rings is 1. The van der Waals surface area contributed by atoms with E-state index in [1.807, 2.05) is 41.1 Å². The van der Waals surface area contributed by atoms with E-state index >= 15 is 0 Å². The van der Waals surface area contributed by atoms with Gasteiger partial charge in [-0.05, 0) is 30.9 Å². The van der Waals surface area contributed by atoms with Crippen molar-refractivity contribution in [2.45, 2.75) is 38.0 Å². The molecule has 0 bridgehead atoms. The van der Waals surface area contributed by atoms with Crippen molar-refractivity contribution in [3.8, 4) is 11.9 Å². The number of aliphatic hydroxyl groups is 1. The van der Waals surface area contributed by atoms with E-state index in [4.69, 9.17) is 10.5 Å². The second kappa shape index (κ2) is 7.25. The van der Waals surface area contributed by atoms with Crippen molar-refractivity contribution in [1.29, 1.82) is 5.26 Å². The van der Waals surface area contributed by atoms with E-state index in [1.54, 1.807) is 6.20 Å². The first-order valence-electron chi connectivity index (χ1n) is 9.04. The maximum Gasteiger partial charge on any atom is 0.227 e. The minimum absolute atomic E-state index is 0.123. The summed E-state index contributed by atoms with van der Waals surface area (Å²) in [6.07, 6.45) is 3.01. The zero-order valence-electron chi connectivity index (χ0n) is 14.8. The van der Waals surface area contributed by atoms with Gasteiger partial charge in [-0.25, -0.2) is 4.98 Å². The quantitative estimate of drug-likeness (QED) is 0.737. The number of rotatable bonds is 4. The van der Waals surface area contributed by atoms with Gasteiger partial charge < -0.3 is 15.6 Å². The summed E-state index contributed by atoms with van der Waals surface area (Å²) in [5, 5.41) is 24.6. The summed E-state index contributed by atoms with van der Waals surface area (Å²) in [6, 6.07) is 13.9. The number of nitrogen functional groups attached to an aromatic ring is 1. The standard InChI is InChI=1S/C20H21N5O2/c21-11-14-10-15(26)6-7-16(14)25-17-8-9-23-20(18(17)19(22)24-25)27-12-13-4-2-1-3-5-13/h1-5,8-9,14-16,26H,6-7,10,12H2,(H2,22,24)/t14?,15-,16+/m0/s1. The Morgan fingerprint density at radius 1 is 1.26 bits per heavy atom. The minimum atomic E-state index is -0.434. The van der Waals surface area contributed by atoms with Gasteiger partial charge in [-0.1, -0.05) is 30.3 Å². The average Bonchev–Trinajstić information content (AvgIpc) is 3.04. The number of hydrogen-bond acceptors (Lipinski definition) is 6. The summed E-state index contributed by atoms with van der Waals surface area (Å²) < 4.78 is 7.71. The lowest BCUT2D eigenvalue weighted by molar-refractivity contribution is 0.0876. The van der Waals surface area contributed by atoms with Crippen molar-refractivity contribution in [1.82, 2.24) is 14.8 Å². The highest BCUT2D eigenvalue weighted by Gasteiger charge is 2.33. The van der Waals surface area contributed by atoms with Crippen LogP contribution in [0.1, 0.15) is 30.9 Å². The molecular weight excluding hydrogens is 342 g/mol. The predicted octanol–water partition coefficient (Wildman–Crippen LogP) is 2.82. The van der Waals surface area contributed by atoms with Gasteiger partial charge in [-0.3, -0.25) is 4.68 Å². The molecule has 2 aromatic heterocycles. The SMILES string of the molecule is N#CC1C[C@@H](O)CC[C@H]1n1nc(N)c2c(OCc3ccccc3)nccc21. The van der Waals surface area contributed by atoms with E-state index in [0.29, 0.717) is 43.0 Å². The number of hydrogen-bond donors (Lipinski definition) is 2. The largest absolute Gasteiger partial charge is 0.472 e. The van der Waals surface area contributed by atoms with Crippen LogP contribution in [0.2, 0.25) is 0 Å². The Morgan fingerprint density at radius 2 is 2.07 bits per heavy atom. The van der Waals surface area contributed by atoms with Crippen LogP contribution in [0, 0.1) is 17.2 Å². The summed E-state index contributed by atoms with van der Waals surface area (Å²) in [5.74, 6) is 0.464. The lowest BCUT2D eigenvalue weighted by Gasteiger charge is -2.30. The fourth-order valence-electron chi connectivity index (χ4n) is 3.74. The molecule has 1 aliphatic rings. The number of nitrogens with two attached hydrogens (primary N) is 1.